The molecule has 1 aliphatic heterocycles. The zero-order valence-corrected chi connectivity index (χ0v) is 13.7. The van der Waals surface area contributed by atoms with Crippen molar-refractivity contribution >= 4 is 12.4 Å². The average Bonchev–Trinajstić information content (AvgIpc) is 2.77. The molecule has 20 heavy (non-hydrogen) atoms. The van der Waals surface area contributed by atoms with Crippen LogP contribution in [0.2, 0.25) is 0 Å². The number of rotatable bonds is 3. The molecular weight excluding hydrogens is 276 g/mol. The second-order valence-corrected chi connectivity index (χ2v) is 6.76. The standard InChI is InChI=1S/C14H26N4O.ClH/c1-10(15)11-6-5-7-18(8-11)9-12-16-13(19-17-12)14(2,3)4;/h10-11H,5-9,15H2,1-4H3;1H. The van der Waals surface area contributed by atoms with Crippen LogP contribution in [0, 0.1) is 5.92 Å². The number of likely N-dealkylation sites (tertiary alicyclic amines) is 1. The highest BCUT2D eigenvalue weighted by Gasteiger charge is 2.25. The van der Waals surface area contributed by atoms with Crippen molar-refractivity contribution in [2.24, 2.45) is 11.7 Å². The Kier molecular flexibility index (Phi) is 5.98. The Bertz CT molecular complexity index is 414. The lowest BCUT2D eigenvalue weighted by Gasteiger charge is -2.33. The molecule has 2 N–H and O–H groups in total. The number of hydrogen-bond donors (Lipinski definition) is 1. The molecule has 0 aromatic carbocycles. The fourth-order valence-corrected chi connectivity index (χ4v) is 2.49. The zero-order chi connectivity index (χ0) is 14.0. The predicted octanol–water partition coefficient (Wildman–Crippen LogP) is 2.35. The minimum Gasteiger partial charge on any atom is -0.339 e. The fraction of sp³-hybridized carbons (Fsp3) is 0.857. The SMILES string of the molecule is CC(N)C1CCCN(Cc2noc(C(C)(C)C)n2)C1.Cl. The van der Waals surface area contributed by atoms with Crippen molar-refractivity contribution in [1.29, 1.82) is 0 Å². The minimum atomic E-state index is -0.0819. The Hall–Kier alpha value is -0.650. The second kappa shape index (κ2) is 6.87. The monoisotopic (exact) mass is 302 g/mol. The van der Waals surface area contributed by atoms with Crippen molar-refractivity contribution in [1.82, 2.24) is 15.0 Å². The summed E-state index contributed by atoms with van der Waals surface area (Å²) in [5.74, 6) is 2.08. The molecule has 0 radical (unpaired) electrons. The van der Waals surface area contributed by atoms with Crippen molar-refractivity contribution in [3.05, 3.63) is 11.7 Å². The van der Waals surface area contributed by atoms with Gasteiger partial charge < -0.3 is 10.3 Å². The third-order valence-electron chi connectivity index (χ3n) is 3.76. The van der Waals surface area contributed by atoms with Gasteiger partial charge in [-0.05, 0) is 32.2 Å². The van der Waals surface area contributed by atoms with Crippen LogP contribution >= 0.6 is 12.4 Å². The summed E-state index contributed by atoms with van der Waals surface area (Å²) in [5.41, 5.74) is 5.93. The van der Waals surface area contributed by atoms with Crippen molar-refractivity contribution < 1.29 is 4.52 Å². The third-order valence-corrected chi connectivity index (χ3v) is 3.76. The third kappa shape index (κ3) is 4.43. The molecule has 2 heterocycles. The van der Waals surface area contributed by atoms with Crippen LogP contribution in [0.15, 0.2) is 4.52 Å². The number of nitrogens with two attached hydrogens (primary N) is 1. The molecule has 1 aliphatic rings. The Morgan fingerprint density at radius 3 is 2.70 bits per heavy atom. The van der Waals surface area contributed by atoms with Crippen LogP contribution < -0.4 is 5.73 Å². The van der Waals surface area contributed by atoms with Gasteiger partial charge in [0.1, 0.15) is 0 Å². The molecule has 0 saturated carbocycles. The number of aromatic nitrogens is 2. The van der Waals surface area contributed by atoms with Gasteiger partial charge in [-0.15, -0.1) is 12.4 Å². The first-order valence-electron chi connectivity index (χ1n) is 7.17. The van der Waals surface area contributed by atoms with E-state index in [0.717, 1.165) is 25.5 Å². The molecule has 116 valence electrons. The summed E-state index contributed by atoms with van der Waals surface area (Å²) in [7, 11) is 0. The number of hydrogen-bond acceptors (Lipinski definition) is 5. The smallest absolute Gasteiger partial charge is 0.232 e. The van der Waals surface area contributed by atoms with Gasteiger partial charge in [0.15, 0.2) is 5.82 Å². The van der Waals surface area contributed by atoms with Crippen molar-refractivity contribution in [2.75, 3.05) is 13.1 Å². The van der Waals surface area contributed by atoms with Gasteiger partial charge in [0.25, 0.3) is 0 Å². The second-order valence-electron chi connectivity index (χ2n) is 6.76. The first kappa shape index (κ1) is 17.4. The maximum atomic E-state index is 6.01. The van der Waals surface area contributed by atoms with E-state index in [9.17, 15) is 0 Å². The van der Waals surface area contributed by atoms with Crippen LogP contribution in [-0.4, -0.2) is 34.2 Å². The Morgan fingerprint density at radius 1 is 1.45 bits per heavy atom. The van der Waals surface area contributed by atoms with E-state index < -0.39 is 0 Å². The fourth-order valence-electron chi connectivity index (χ4n) is 2.49. The molecule has 1 aromatic rings. The summed E-state index contributed by atoms with van der Waals surface area (Å²) in [4.78, 5) is 6.88. The number of nitrogens with zero attached hydrogens (tertiary/aromatic N) is 3. The van der Waals surface area contributed by atoms with Gasteiger partial charge in [-0.1, -0.05) is 25.9 Å². The quantitative estimate of drug-likeness (QED) is 0.928. The number of piperidine rings is 1. The molecule has 0 amide bonds. The topological polar surface area (TPSA) is 68.2 Å². The van der Waals surface area contributed by atoms with Gasteiger partial charge in [0.05, 0.1) is 6.54 Å². The molecule has 1 saturated heterocycles. The molecule has 2 rings (SSSR count). The first-order chi connectivity index (χ1) is 8.86. The van der Waals surface area contributed by atoms with Gasteiger partial charge in [-0.2, -0.15) is 4.98 Å². The van der Waals surface area contributed by atoms with E-state index in [0.29, 0.717) is 11.8 Å². The summed E-state index contributed by atoms with van der Waals surface area (Å²) in [6.07, 6.45) is 2.43. The highest BCUT2D eigenvalue weighted by Crippen LogP contribution is 2.22. The van der Waals surface area contributed by atoms with Crippen LogP contribution in [0.5, 0.6) is 0 Å². The van der Waals surface area contributed by atoms with Crippen LogP contribution in [0.25, 0.3) is 0 Å². The van der Waals surface area contributed by atoms with Gasteiger partial charge in [0.2, 0.25) is 5.89 Å². The molecule has 2 atom stereocenters. The van der Waals surface area contributed by atoms with Gasteiger partial charge in [0, 0.05) is 18.0 Å². The summed E-state index contributed by atoms with van der Waals surface area (Å²) in [6, 6.07) is 0.262. The van der Waals surface area contributed by atoms with E-state index in [1.807, 2.05) is 0 Å². The lowest BCUT2D eigenvalue weighted by atomic mass is 9.92. The maximum Gasteiger partial charge on any atom is 0.232 e. The molecule has 0 spiro atoms. The normalized spacial score (nSPS) is 22.4. The summed E-state index contributed by atoms with van der Waals surface area (Å²) in [6.45, 7) is 11.2. The molecular formula is C14H27ClN4O. The molecule has 1 aromatic heterocycles. The molecule has 2 unspecified atom stereocenters. The van der Waals surface area contributed by atoms with Gasteiger partial charge in [-0.3, -0.25) is 4.90 Å². The Morgan fingerprint density at radius 2 is 2.15 bits per heavy atom. The summed E-state index contributed by atoms with van der Waals surface area (Å²) >= 11 is 0. The van der Waals surface area contributed by atoms with Crippen LogP contribution in [0.1, 0.15) is 52.3 Å². The zero-order valence-electron chi connectivity index (χ0n) is 12.9. The van der Waals surface area contributed by atoms with E-state index in [-0.39, 0.29) is 23.9 Å². The van der Waals surface area contributed by atoms with Crippen molar-refractivity contribution in [2.45, 2.75) is 58.5 Å². The van der Waals surface area contributed by atoms with Crippen LogP contribution in [0.4, 0.5) is 0 Å². The highest BCUT2D eigenvalue weighted by atomic mass is 35.5. The van der Waals surface area contributed by atoms with E-state index >= 15 is 0 Å². The average molecular weight is 303 g/mol. The maximum absolute atomic E-state index is 6.01. The number of halogens is 1. The molecule has 5 nitrogen and oxygen atoms in total. The Balaban J connectivity index is 0.00000200. The predicted molar refractivity (Wildman–Crippen MR) is 81.9 cm³/mol. The summed E-state index contributed by atoms with van der Waals surface area (Å²) < 4.78 is 5.33. The first-order valence-corrected chi connectivity index (χ1v) is 7.17. The lowest BCUT2D eigenvalue weighted by Crippen LogP contribution is -2.42. The molecule has 1 fully saturated rings. The largest absolute Gasteiger partial charge is 0.339 e. The summed E-state index contributed by atoms with van der Waals surface area (Å²) in [5, 5.41) is 4.09. The van der Waals surface area contributed by atoms with Gasteiger partial charge >= 0.3 is 0 Å². The van der Waals surface area contributed by atoms with Gasteiger partial charge in [-0.25, -0.2) is 0 Å². The lowest BCUT2D eigenvalue weighted by molar-refractivity contribution is 0.150. The van der Waals surface area contributed by atoms with Crippen LogP contribution in [-0.2, 0) is 12.0 Å². The van der Waals surface area contributed by atoms with E-state index in [1.54, 1.807) is 0 Å². The van der Waals surface area contributed by atoms with E-state index in [1.165, 1.54) is 12.8 Å². The van der Waals surface area contributed by atoms with E-state index in [2.05, 4.69) is 42.7 Å². The van der Waals surface area contributed by atoms with Crippen molar-refractivity contribution in [3.8, 4) is 0 Å². The van der Waals surface area contributed by atoms with Crippen molar-refractivity contribution in [3.63, 3.8) is 0 Å². The molecule has 0 aliphatic carbocycles. The molecule has 6 heteroatoms. The molecule has 0 bridgehead atoms. The highest BCUT2D eigenvalue weighted by molar-refractivity contribution is 5.85. The minimum absolute atomic E-state index is 0. The van der Waals surface area contributed by atoms with Crippen LogP contribution in [0.3, 0.4) is 0 Å². The Labute approximate surface area is 127 Å². The van der Waals surface area contributed by atoms with E-state index in [4.69, 9.17) is 10.3 Å².